The molecule has 4 atom stereocenters. The van der Waals surface area contributed by atoms with Gasteiger partial charge in [-0.05, 0) is 84.0 Å². The van der Waals surface area contributed by atoms with E-state index in [1.54, 1.807) is 28.4 Å². The van der Waals surface area contributed by atoms with E-state index >= 15 is 0 Å². The van der Waals surface area contributed by atoms with Gasteiger partial charge in [-0.1, -0.05) is 13.3 Å². The number of benzene rings is 2. The Balaban J connectivity index is 1.35. The average Bonchev–Trinajstić information content (AvgIpc) is 2.90. The molecule has 190 valence electrons. The van der Waals surface area contributed by atoms with Crippen molar-refractivity contribution in [1.82, 2.24) is 10.2 Å². The van der Waals surface area contributed by atoms with E-state index in [9.17, 15) is 0 Å². The second-order valence-electron chi connectivity index (χ2n) is 10.3. The first-order valence-electron chi connectivity index (χ1n) is 13.0. The van der Waals surface area contributed by atoms with E-state index in [-0.39, 0.29) is 0 Å². The molecule has 0 aromatic heterocycles. The van der Waals surface area contributed by atoms with E-state index < -0.39 is 0 Å². The van der Waals surface area contributed by atoms with Crippen molar-refractivity contribution in [2.75, 3.05) is 41.5 Å². The van der Waals surface area contributed by atoms with Crippen molar-refractivity contribution in [3.8, 4) is 23.0 Å². The Hall–Kier alpha value is -2.44. The van der Waals surface area contributed by atoms with Crippen LogP contribution >= 0.6 is 0 Å². The summed E-state index contributed by atoms with van der Waals surface area (Å²) in [7, 11) is 6.88. The second-order valence-corrected chi connectivity index (χ2v) is 10.3. The van der Waals surface area contributed by atoms with Gasteiger partial charge in [0.25, 0.3) is 0 Å². The molecule has 6 heteroatoms. The van der Waals surface area contributed by atoms with E-state index in [2.05, 4.69) is 41.4 Å². The highest BCUT2D eigenvalue weighted by molar-refractivity contribution is 5.50. The highest BCUT2D eigenvalue weighted by atomic mass is 16.5. The molecule has 35 heavy (non-hydrogen) atoms. The predicted molar refractivity (Wildman–Crippen MR) is 138 cm³/mol. The fourth-order valence-corrected chi connectivity index (χ4v) is 6.70. The number of hydrogen-bond acceptors (Lipinski definition) is 6. The maximum absolute atomic E-state index is 5.67. The molecule has 1 fully saturated rings. The van der Waals surface area contributed by atoms with Crippen LogP contribution in [0.5, 0.6) is 23.0 Å². The van der Waals surface area contributed by atoms with Gasteiger partial charge in [-0.25, -0.2) is 0 Å². The van der Waals surface area contributed by atoms with Crippen molar-refractivity contribution in [3.05, 3.63) is 46.5 Å². The molecule has 6 nitrogen and oxygen atoms in total. The maximum Gasteiger partial charge on any atom is 0.161 e. The molecule has 3 aliphatic rings. The Bertz CT molecular complexity index is 1060. The smallest absolute Gasteiger partial charge is 0.161 e. The van der Waals surface area contributed by atoms with Crippen molar-refractivity contribution in [2.45, 2.75) is 57.7 Å². The Morgan fingerprint density at radius 1 is 0.829 bits per heavy atom. The zero-order valence-electron chi connectivity index (χ0n) is 21.9. The molecule has 4 unspecified atom stereocenters. The van der Waals surface area contributed by atoms with E-state index in [1.807, 2.05) is 0 Å². The molecule has 0 bridgehead atoms. The average molecular weight is 481 g/mol. The number of nitrogens with zero attached hydrogens (tertiary/aromatic N) is 1. The van der Waals surface area contributed by atoms with E-state index in [4.69, 9.17) is 18.9 Å². The van der Waals surface area contributed by atoms with Crippen LogP contribution in [0.4, 0.5) is 0 Å². The quantitative estimate of drug-likeness (QED) is 0.616. The lowest BCUT2D eigenvalue weighted by molar-refractivity contribution is 0.0434. The van der Waals surface area contributed by atoms with Gasteiger partial charge in [-0.2, -0.15) is 0 Å². The van der Waals surface area contributed by atoms with Gasteiger partial charge in [0.2, 0.25) is 0 Å². The van der Waals surface area contributed by atoms with Crippen LogP contribution in [0, 0.1) is 11.8 Å². The Labute approximate surface area is 209 Å². The van der Waals surface area contributed by atoms with Gasteiger partial charge in [0.1, 0.15) is 0 Å². The van der Waals surface area contributed by atoms with Crippen LogP contribution in [-0.4, -0.2) is 52.5 Å². The predicted octanol–water partition coefficient (Wildman–Crippen LogP) is 4.77. The largest absolute Gasteiger partial charge is 0.493 e. The van der Waals surface area contributed by atoms with E-state index in [0.29, 0.717) is 18.0 Å². The lowest BCUT2D eigenvalue weighted by Gasteiger charge is -2.48. The summed E-state index contributed by atoms with van der Waals surface area (Å²) in [5.74, 6) is 4.76. The lowest BCUT2D eigenvalue weighted by atomic mass is 9.72. The third-order valence-corrected chi connectivity index (χ3v) is 8.64. The standard InChI is InChI=1S/C29H40N2O4/c1-6-18-17-31-8-7-19-12-26(32-2)29(35-5)15-24(19)25(31)11-20(18)9-23-10-21-13-27(33-3)28(34-4)14-22(21)16-30-23/h12-15,18,20,23,25,30H,6-11,16-17H2,1-5H3. The van der Waals surface area contributed by atoms with Crippen LogP contribution in [0.2, 0.25) is 0 Å². The summed E-state index contributed by atoms with van der Waals surface area (Å²) in [5.41, 5.74) is 5.57. The van der Waals surface area contributed by atoms with Crippen molar-refractivity contribution in [1.29, 1.82) is 0 Å². The third-order valence-electron chi connectivity index (χ3n) is 8.64. The zero-order valence-corrected chi connectivity index (χ0v) is 21.9. The van der Waals surface area contributed by atoms with Gasteiger partial charge in [0, 0.05) is 31.7 Å². The van der Waals surface area contributed by atoms with Crippen LogP contribution in [0.25, 0.3) is 0 Å². The molecule has 0 spiro atoms. The zero-order chi connectivity index (χ0) is 24.5. The van der Waals surface area contributed by atoms with Crippen LogP contribution in [0.1, 0.15) is 54.5 Å². The Kier molecular flexibility index (Phi) is 7.12. The van der Waals surface area contributed by atoms with Crippen molar-refractivity contribution >= 4 is 0 Å². The molecule has 2 aromatic carbocycles. The number of fused-ring (bicyclic) bond motifs is 4. The summed E-state index contributed by atoms with van der Waals surface area (Å²) in [6.07, 6.45) is 5.77. The first kappa shape index (κ1) is 24.3. The molecular formula is C29H40N2O4. The molecule has 5 rings (SSSR count). The monoisotopic (exact) mass is 480 g/mol. The first-order chi connectivity index (χ1) is 17.1. The number of nitrogens with one attached hydrogen (secondary N) is 1. The van der Waals surface area contributed by atoms with Crippen molar-refractivity contribution in [2.24, 2.45) is 11.8 Å². The minimum atomic E-state index is 0.464. The number of methoxy groups -OCH3 is 4. The normalized spacial score (nSPS) is 25.7. The Morgan fingerprint density at radius 2 is 1.46 bits per heavy atom. The van der Waals surface area contributed by atoms with Crippen molar-refractivity contribution < 1.29 is 18.9 Å². The fraction of sp³-hybridized carbons (Fsp3) is 0.586. The summed E-state index contributed by atoms with van der Waals surface area (Å²) in [6, 6.07) is 9.70. The number of ether oxygens (including phenoxy) is 4. The lowest BCUT2D eigenvalue weighted by Crippen LogP contribution is -2.48. The molecule has 0 radical (unpaired) electrons. The molecule has 0 amide bonds. The second kappa shape index (κ2) is 10.3. The highest BCUT2D eigenvalue weighted by Crippen LogP contribution is 2.46. The number of piperidine rings is 1. The SMILES string of the molecule is CCC1CN2CCc3cc(OC)c(OC)cc3C2CC1CC1Cc2cc(OC)c(OC)cc2CN1. The molecule has 0 saturated carbocycles. The van der Waals surface area contributed by atoms with Gasteiger partial charge in [-0.15, -0.1) is 0 Å². The van der Waals surface area contributed by atoms with Crippen LogP contribution < -0.4 is 24.3 Å². The van der Waals surface area contributed by atoms with E-state index in [1.165, 1.54) is 48.1 Å². The summed E-state index contributed by atoms with van der Waals surface area (Å²) in [5, 5.41) is 3.83. The molecular weight excluding hydrogens is 440 g/mol. The molecule has 2 aromatic rings. The van der Waals surface area contributed by atoms with Crippen LogP contribution in [-0.2, 0) is 19.4 Å². The minimum absolute atomic E-state index is 0.464. The van der Waals surface area contributed by atoms with E-state index in [0.717, 1.165) is 54.8 Å². The molecule has 3 heterocycles. The summed E-state index contributed by atoms with van der Waals surface area (Å²) in [4.78, 5) is 2.72. The van der Waals surface area contributed by atoms with Crippen LogP contribution in [0.15, 0.2) is 24.3 Å². The molecule has 1 saturated heterocycles. The third kappa shape index (κ3) is 4.58. The molecule has 3 aliphatic heterocycles. The highest BCUT2D eigenvalue weighted by Gasteiger charge is 2.39. The van der Waals surface area contributed by atoms with Gasteiger partial charge < -0.3 is 24.3 Å². The summed E-state index contributed by atoms with van der Waals surface area (Å²) < 4.78 is 22.4. The van der Waals surface area contributed by atoms with Crippen LogP contribution in [0.3, 0.4) is 0 Å². The summed E-state index contributed by atoms with van der Waals surface area (Å²) >= 11 is 0. The fourth-order valence-electron chi connectivity index (χ4n) is 6.70. The maximum atomic E-state index is 5.67. The number of rotatable bonds is 7. The van der Waals surface area contributed by atoms with Gasteiger partial charge in [0.05, 0.1) is 28.4 Å². The number of hydrogen-bond donors (Lipinski definition) is 1. The van der Waals surface area contributed by atoms with Gasteiger partial charge in [-0.3, -0.25) is 4.90 Å². The molecule has 1 N–H and O–H groups in total. The topological polar surface area (TPSA) is 52.2 Å². The molecule has 0 aliphatic carbocycles. The minimum Gasteiger partial charge on any atom is -0.493 e. The summed E-state index contributed by atoms with van der Waals surface area (Å²) in [6.45, 7) is 5.57. The Morgan fingerprint density at radius 3 is 2.11 bits per heavy atom. The van der Waals surface area contributed by atoms with Gasteiger partial charge in [0.15, 0.2) is 23.0 Å². The first-order valence-corrected chi connectivity index (χ1v) is 13.0. The van der Waals surface area contributed by atoms with Crippen molar-refractivity contribution in [3.63, 3.8) is 0 Å². The van der Waals surface area contributed by atoms with Gasteiger partial charge >= 0.3 is 0 Å².